The maximum atomic E-state index is 3.51. The molecule has 0 fully saturated rings. The molecule has 0 amide bonds. The molecule has 2 aliphatic rings. The number of hydrogen-bond donors (Lipinski definition) is 1. The van der Waals surface area contributed by atoms with Crippen molar-refractivity contribution in [1.29, 1.82) is 0 Å². The first-order chi connectivity index (χ1) is 28.2. The van der Waals surface area contributed by atoms with Gasteiger partial charge in [-0.1, -0.05) is 214 Å². The van der Waals surface area contributed by atoms with Crippen LogP contribution in [0.2, 0.25) is 0 Å². The lowest BCUT2D eigenvalue weighted by Crippen LogP contribution is -2.15. The van der Waals surface area contributed by atoms with E-state index in [9.17, 15) is 0 Å². The maximum Gasteiger partial charge on any atom is 0.0387 e. The predicted molar refractivity (Wildman–Crippen MR) is 253 cm³/mol. The van der Waals surface area contributed by atoms with Crippen LogP contribution in [0.1, 0.15) is 79.0 Å². The molecule has 0 aliphatic heterocycles. The lowest BCUT2D eigenvalue weighted by atomic mass is 9.82. The fourth-order valence-corrected chi connectivity index (χ4v) is 7.51. The van der Waals surface area contributed by atoms with Gasteiger partial charge in [-0.05, 0) is 114 Å². The number of para-hydroxylation sites is 1. The summed E-state index contributed by atoms with van der Waals surface area (Å²) in [6.45, 7) is 13.2. The van der Waals surface area contributed by atoms with Crippen LogP contribution in [0.5, 0.6) is 0 Å². The minimum Gasteiger partial charge on any atom is -0.356 e. The summed E-state index contributed by atoms with van der Waals surface area (Å²) < 4.78 is 0. The number of anilines is 2. The van der Waals surface area contributed by atoms with Gasteiger partial charge in [-0.25, -0.2) is 0 Å². The van der Waals surface area contributed by atoms with Gasteiger partial charge >= 0.3 is 0 Å². The molecule has 0 saturated heterocycles. The molecule has 0 radical (unpaired) electrons. The molecule has 9 rings (SSSR count). The van der Waals surface area contributed by atoms with Crippen LogP contribution in [0.3, 0.4) is 0 Å². The third-order valence-electron chi connectivity index (χ3n) is 10.8. The van der Waals surface area contributed by atoms with Gasteiger partial charge < -0.3 is 5.32 Å². The zero-order valence-corrected chi connectivity index (χ0v) is 35.3. The molecule has 0 bridgehead atoms. The van der Waals surface area contributed by atoms with Crippen LogP contribution in [-0.4, -0.2) is 0 Å². The second-order valence-corrected chi connectivity index (χ2v) is 15.9. The smallest absolute Gasteiger partial charge is 0.0387 e. The fraction of sp³-hybridized carbons (Fsp3) is 0.193. The number of nitrogens with one attached hydrogen (secondary N) is 1. The van der Waals surface area contributed by atoms with Gasteiger partial charge in [0.1, 0.15) is 0 Å². The maximum absolute atomic E-state index is 3.51. The summed E-state index contributed by atoms with van der Waals surface area (Å²) in [6.07, 6.45) is 11.6. The van der Waals surface area contributed by atoms with E-state index in [1.807, 2.05) is 24.3 Å². The second-order valence-electron chi connectivity index (χ2n) is 15.9. The van der Waals surface area contributed by atoms with E-state index in [0.717, 1.165) is 17.8 Å². The van der Waals surface area contributed by atoms with Crippen molar-refractivity contribution >= 4 is 16.9 Å². The Morgan fingerprint density at radius 1 is 0.483 bits per heavy atom. The molecule has 0 aromatic heterocycles. The summed E-state index contributed by atoms with van der Waals surface area (Å²) in [5.41, 5.74) is 18.5. The third-order valence-corrected chi connectivity index (χ3v) is 10.8. The van der Waals surface area contributed by atoms with Crippen molar-refractivity contribution in [2.45, 2.75) is 72.6 Å². The Hall–Kier alpha value is -6.18. The van der Waals surface area contributed by atoms with Crippen LogP contribution in [0, 0.1) is 20.8 Å². The van der Waals surface area contributed by atoms with E-state index in [0.29, 0.717) is 0 Å². The summed E-state index contributed by atoms with van der Waals surface area (Å²) in [5, 5.41) is 3.51. The van der Waals surface area contributed by atoms with Crippen molar-refractivity contribution in [2.24, 2.45) is 0 Å². The van der Waals surface area contributed by atoms with Gasteiger partial charge in [0.2, 0.25) is 0 Å². The Bertz CT molecular complexity index is 2380. The molecular weight excluding hydrogens is 699 g/mol. The summed E-state index contributed by atoms with van der Waals surface area (Å²) in [5.74, 6) is 0. The minimum absolute atomic E-state index is 0.0467. The molecule has 292 valence electrons. The second kappa shape index (κ2) is 20.3. The van der Waals surface area contributed by atoms with E-state index in [1.165, 1.54) is 86.0 Å². The van der Waals surface area contributed by atoms with E-state index >= 15 is 0 Å². The molecule has 0 saturated carbocycles. The van der Waals surface area contributed by atoms with Crippen LogP contribution < -0.4 is 5.32 Å². The molecule has 1 N–H and O–H groups in total. The van der Waals surface area contributed by atoms with Gasteiger partial charge in [0, 0.05) is 16.8 Å². The topological polar surface area (TPSA) is 12.0 Å². The summed E-state index contributed by atoms with van der Waals surface area (Å²) in [4.78, 5) is 0. The molecule has 58 heavy (non-hydrogen) atoms. The zero-order chi connectivity index (χ0) is 40.7. The Morgan fingerprint density at radius 3 is 1.57 bits per heavy atom. The zero-order valence-electron chi connectivity index (χ0n) is 35.3. The first kappa shape index (κ1) is 41.5. The van der Waals surface area contributed by atoms with Crippen molar-refractivity contribution in [3.8, 4) is 22.3 Å². The number of aryl methyl sites for hydroxylation is 4. The molecular formula is C57H59N. The van der Waals surface area contributed by atoms with Gasteiger partial charge in [-0.3, -0.25) is 0 Å². The highest BCUT2D eigenvalue weighted by Crippen LogP contribution is 2.49. The van der Waals surface area contributed by atoms with Gasteiger partial charge in [0.25, 0.3) is 0 Å². The Labute approximate surface area is 348 Å². The van der Waals surface area contributed by atoms with Gasteiger partial charge in [0.05, 0.1) is 0 Å². The van der Waals surface area contributed by atoms with Gasteiger partial charge in [0.15, 0.2) is 0 Å². The van der Waals surface area contributed by atoms with E-state index in [-0.39, 0.29) is 5.41 Å². The number of allylic oxidation sites excluding steroid dienone is 4. The average molecular weight is 758 g/mol. The largest absolute Gasteiger partial charge is 0.356 e. The summed E-state index contributed by atoms with van der Waals surface area (Å²) in [7, 11) is 0. The van der Waals surface area contributed by atoms with Crippen molar-refractivity contribution in [1.82, 2.24) is 0 Å². The normalized spacial score (nSPS) is 12.8. The fourth-order valence-electron chi connectivity index (χ4n) is 7.51. The molecule has 0 atom stereocenters. The van der Waals surface area contributed by atoms with Crippen molar-refractivity contribution in [2.75, 3.05) is 5.32 Å². The Kier molecular flexibility index (Phi) is 14.5. The predicted octanol–water partition coefficient (Wildman–Crippen LogP) is 16.1. The minimum atomic E-state index is 0.0467. The van der Waals surface area contributed by atoms with Crippen molar-refractivity contribution in [3.63, 3.8) is 0 Å². The SMILES string of the molecule is CCCc1ccccc1.Cc1ccc(-c2ccc(C3=CCCC=C3)cc2)cc1.Cc1ccc2c(c1)C(C)(C)c1cc(Nc3ccccc3)ccc1-2.Cc1ccccc1. The van der Waals surface area contributed by atoms with Gasteiger partial charge in [-0.2, -0.15) is 0 Å². The van der Waals surface area contributed by atoms with Crippen LogP contribution in [0.4, 0.5) is 11.4 Å². The molecule has 1 nitrogen and oxygen atoms in total. The van der Waals surface area contributed by atoms with Crippen molar-refractivity contribution in [3.05, 3.63) is 233 Å². The third kappa shape index (κ3) is 11.2. The van der Waals surface area contributed by atoms with Gasteiger partial charge in [-0.15, -0.1) is 0 Å². The van der Waals surface area contributed by atoms with E-state index in [2.05, 4.69) is 217 Å². The molecule has 0 unspecified atom stereocenters. The number of rotatable bonds is 6. The molecule has 1 heteroatoms. The number of benzene rings is 7. The van der Waals surface area contributed by atoms with Crippen LogP contribution in [0.15, 0.2) is 194 Å². The standard InChI is InChI=1S/C22H21N.C19H18.C9H12.C7H8/c1-15-9-11-18-19-12-10-17(23-16-7-5-4-6-8-16)14-21(19)22(2,3)20(18)13-15;1-15-7-9-17(10-8-15)19-13-11-18(12-14-19)16-5-3-2-4-6-16;1-2-6-9-7-4-3-5-8-9;1-7-5-3-2-4-6-7/h4-14,23H,1-3H3;3,5-14H,2,4H2,1H3;3-5,7-8H,2,6H2,1H3;2-6H,1H3. The van der Waals surface area contributed by atoms with Crippen molar-refractivity contribution < 1.29 is 0 Å². The number of hydrogen-bond acceptors (Lipinski definition) is 1. The number of fused-ring (bicyclic) bond motifs is 3. The monoisotopic (exact) mass is 757 g/mol. The van der Waals surface area contributed by atoms with E-state index < -0.39 is 0 Å². The quantitative estimate of drug-likeness (QED) is 0.178. The highest BCUT2D eigenvalue weighted by Gasteiger charge is 2.35. The Balaban J connectivity index is 0.000000144. The van der Waals surface area contributed by atoms with E-state index in [1.54, 1.807) is 0 Å². The Morgan fingerprint density at radius 2 is 1.00 bits per heavy atom. The van der Waals surface area contributed by atoms with Crippen LogP contribution >= 0.6 is 0 Å². The highest BCUT2D eigenvalue weighted by molar-refractivity contribution is 5.83. The first-order valence-corrected chi connectivity index (χ1v) is 20.9. The first-order valence-electron chi connectivity index (χ1n) is 20.9. The van der Waals surface area contributed by atoms with E-state index in [4.69, 9.17) is 0 Å². The molecule has 7 aromatic carbocycles. The van der Waals surface area contributed by atoms with Crippen LogP contribution in [0.25, 0.3) is 27.8 Å². The summed E-state index contributed by atoms with van der Waals surface area (Å²) in [6, 6.07) is 62.3. The molecule has 0 spiro atoms. The summed E-state index contributed by atoms with van der Waals surface area (Å²) >= 11 is 0. The average Bonchev–Trinajstić information content (AvgIpc) is 3.48. The van der Waals surface area contributed by atoms with Crippen LogP contribution in [-0.2, 0) is 11.8 Å². The lowest BCUT2D eigenvalue weighted by Gasteiger charge is -2.22. The lowest BCUT2D eigenvalue weighted by molar-refractivity contribution is 0.660. The molecule has 0 heterocycles. The highest BCUT2D eigenvalue weighted by atomic mass is 14.9. The molecule has 7 aromatic rings. The molecule has 2 aliphatic carbocycles.